The lowest BCUT2D eigenvalue weighted by atomic mass is 10.1. The highest BCUT2D eigenvalue weighted by Crippen LogP contribution is 2.28. The summed E-state index contributed by atoms with van der Waals surface area (Å²) >= 11 is 0. The van der Waals surface area contributed by atoms with Crippen LogP contribution >= 0.6 is 0 Å². The fourth-order valence-electron chi connectivity index (χ4n) is 2.44. The molecule has 1 aromatic heterocycles. The first-order valence-electron chi connectivity index (χ1n) is 7.82. The van der Waals surface area contributed by atoms with Gasteiger partial charge in [0.15, 0.2) is 11.5 Å². The Labute approximate surface area is 145 Å². The van der Waals surface area contributed by atoms with Gasteiger partial charge in [-0.05, 0) is 31.5 Å². The Hall–Kier alpha value is -2.96. The van der Waals surface area contributed by atoms with Crippen molar-refractivity contribution in [3.05, 3.63) is 46.9 Å². The number of aliphatic carboxylic acids is 1. The van der Waals surface area contributed by atoms with Gasteiger partial charge >= 0.3 is 5.97 Å². The van der Waals surface area contributed by atoms with Crippen molar-refractivity contribution in [1.29, 1.82) is 0 Å². The van der Waals surface area contributed by atoms with Crippen LogP contribution in [0.15, 0.2) is 28.9 Å². The highest BCUT2D eigenvalue weighted by molar-refractivity contribution is 5.97. The van der Waals surface area contributed by atoms with E-state index in [0.29, 0.717) is 23.7 Å². The number of aryl methyl sites for hydroxylation is 1. The fourth-order valence-corrected chi connectivity index (χ4v) is 2.44. The zero-order valence-electron chi connectivity index (χ0n) is 14.4. The molecule has 0 bridgehead atoms. The van der Waals surface area contributed by atoms with E-state index in [4.69, 9.17) is 19.0 Å². The van der Waals surface area contributed by atoms with Crippen LogP contribution in [0.3, 0.4) is 0 Å². The second-order valence-corrected chi connectivity index (χ2v) is 5.39. The minimum Gasteiger partial charge on any atom is -0.493 e. The molecule has 0 aliphatic carbocycles. The van der Waals surface area contributed by atoms with Gasteiger partial charge in [0.1, 0.15) is 12.2 Å². The van der Waals surface area contributed by atoms with E-state index in [1.54, 1.807) is 26.2 Å². The maximum atomic E-state index is 12.4. The van der Waals surface area contributed by atoms with Gasteiger partial charge in [0.25, 0.3) is 5.91 Å². The molecule has 2 rings (SSSR count). The minimum absolute atomic E-state index is 0.145. The number of benzene rings is 1. The third kappa shape index (κ3) is 4.53. The van der Waals surface area contributed by atoms with Gasteiger partial charge in [0, 0.05) is 12.1 Å². The number of carboxylic acid groups (broad SMARTS) is 1. The van der Waals surface area contributed by atoms with Crippen molar-refractivity contribution in [2.24, 2.45) is 0 Å². The lowest BCUT2D eigenvalue weighted by Gasteiger charge is -2.11. The number of amides is 1. The van der Waals surface area contributed by atoms with Gasteiger partial charge in [-0.2, -0.15) is 0 Å². The first kappa shape index (κ1) is 18.4. The van der Waals surface area contributed by atoms with E-state index < -0.39 is 5.97 Å². The molecule has 1 heterocycles. The van der Waals surface area contributed by atoms with Crippen molar-refractivity contribution in [2.75, 3.05) is 13.7 Å². The summed E-state index contributed by atoms with van der Waals surface area (Å²) in [7, 11) is 1.55. The van der Waals surface area contributed by atoms with Crippen molar-refractivity contribution >= 4 is 11.9 Å². The molecule has 2 aromatic rings. The number of carboxylic acids is 1. The van der Waals surface area contributed by atoms with Crippen LogP contribution < -0.4 is 14.8 Å². The van der Waals surface area contributed by atoms with Crippen molar-refractivity contribution in [2.45, 2.75) is 26.8 Å². The molecule has 134 valence electrons. The van der Waals surface area contributed by atoms with E-state index >= 15 is 0 Å². The molecule has 25 heavy (non-hydrogen) atoms. The van der Waals surface area contributed by atoms with Gasteiger partial charge in [-0.3, -0.25) is 9.59 Å². The average molecular weight is 347 g/mol. The Morgan fingerprint density at radius 2 is 2.04 bits per heavy atom. The summed E-state index contributed by atoms with van der Waals surface area (Å²) in [6, 6.07) is 5.39. The van der Waals surface area contributed by atoms with Gasteiger partial charge in [-0.15, -0.1) is 0 Å². The molecule has 7 heteroatoms. The van der Waals surface area contributed by atoms with E-state index in [-0.39, 0.29) is 30.2 Å². The largest absolute Gasteiger partial charge is 0.493 e. The van der Waals surface area contributed by atoms with Crippen molar-refractivity contribution < 1.29 is 28.6 Å². The summed E-state index contributed by atoms with van der Waals surface area (Å²) in [5.74, 6) is -0.0732. The number of furan rings is 1. The number of carbonyl (C=O) groups excluding carboxylic acids is 1. The monoisotopic (exact) mass is 347 g/mol. The molecule has 0 radical (unpaired) electrons. The zero-order chi connectivity index (χ0) is 18.4. The number of hydrogen-bond acceptors (Lipinski definition) is 5. The van der Waals surface area contributed by atoms with E-state index in [2.05, 4.69) is 5.32 Å². The molecule has 7 nitrogen and oxygen atoms in total. The molecule has 0 atom stereocenters. The summed E-state index contributed by atoms with van der Waals surface area (Å²) in [5, 5.41) is 11.7. The Morgan fingerprint density at radius 3 is 2.68 bits per heavy atom. The predicted molar refractivity (Wildman–Crippen MR) is 90.1 cm³/mol. The van der Waals surface area contributed by atoms with E-state index in [0.717, 1.165) is 5.56 Å². The second-order valence-electron chi connectivity index (χ2n) is 5.39. The quantitative estimate of drug-likeness (QED) is 0.761. The van der Waals surface area contributed by atoms with E-state index in [1.165, 1.54) is 6.26 Å². The van der Waals surface area contributed by atoms with Crippen LogP contribution in [0.2, 0.25) is 0 Å². The highest BCUT2D eigenvalue weighted by Gasteiger charge is 2.20. The summed E-state index contributed by atoms with van der Waals surface area (Å²) in [4.78, 5) is 23.3. The van der Waals surface area contributed by atoms with Crippen LogP contribution in [0, 0.1) is 6.92 Å². The summed E-state index contributed by atoms with van der Waals surface area (Å²) < 4.78 is 15.9. The topological polar surface area (TPSA) is 98.0 Å². The van der Waals surface area contributed by atoms with E-state index in [1.807, 2.05) is 13.0 Å². The number of carbonyl (C=O) groups is 2. The minimum atomic E-state index is -1.06. The van der Waals surface area contributed by atoms with Gasteiger partial charge in [-0.1, -0.05) is 6.07 Å². The standard InChI is InChI=1S/C18H21NO6/c1-4-24-13-6-5-12(7-14(13)23-3)9-19-18(22)17-11(2)10-25-15(17)8-16(20)21/h5-7,10H,4,8-9H2,1-3H3,(H,19,22)(H,20,21). The molecule has 0 fully saturated rings. The van der Waals surface area contributed by atoms with Crippen molar-refractivity contribution in [1.82, 2.24) is 5.32 Å². The molecular formula is C18H21NO6. The molecule has 0 saturated heterocycles. The number of hydrogen-bond donors (Lipinski definition) is 2. The smallest absolute Gasteiger partial charge is 0.311 e. The number of nitrogens with one attached hydrogen (secondary N) is 1. The van der Waals surface area contributed by atoms with Crippen LogP contribution in [-0.2, 0) is 17.8 Å². The number of methoxy groups -OCH3 is 1. The summed E-state index contributed by atoms with van der Waals surface area (Å²) in [6.07, 6.45) is 1.04. The highest BCUT2D eigenvalue weighted by atomic mass is 16.5. The summed E-state index contributed by atoms with van der Waals surface area (Å²) in [6.45, 7) is 4.37. The third-order valence-corrected chi connectivity index (χ3v) is 3.57. The van der Waals surface area contributed by atoms with Gasteiger partial charge < -0.3 is 24.3 Å². The molecular weight excluding hydrogens is 326 g/mol. The molecule has 1 amide bonds. The zero-order valence-corrected chi connectivity index (χ0v) is 14.4. The maximum Gasteiger partial charge on any atom is 0.311 e. The SMILES string of the molecule is CCOc1ccc(CNC(=O)c2c(C)coc2CC(=O)O)cc1OC. The van der Waals surface area contributed by atoms with E-state index in [9.17, 15) is 9.59 Å². The third-order valence-electron chi connectivity index (χ3n) is 3.57. The molecule has 0 aliphatic rings. The molecule has 0 aliphatic heterocycles. The lowest BCUT2D eigenvalue weighted by Crippen LogP contribution is -2.24. The van der Waals surface area contributed by atoms with Crippen molar-refractivity contribution in [3.63, 3.8) is 0 Å². The second kappa shape index (κ2) is 8.23. The van der Waals surface area contributed by atoms with Crippen LogP contribution in [-0.4, -0.2) is 30.7 Å². The Bertz CT molecular complexity index is 765. The molecule has 0 spiro atoms. The fraction of sp³-hybridized carbons (Fsp3) is 0.333. The van der Waals surface area contributed by atoms with Crippen LogP contribution in [0.25, 0.3) is 0 Å². The number of ether oxygens (including phenoxy) is 2. The lowest BCUT2D eigenvalue weighted by molar-refractivity contribution is -0.136. The Kier molecular flexibility index (Phi) is 6.05. The Balaban J connectivity index is 2.10. The molecule has 1 aromatic carbocycles. The van der Waals surface area contributed by atoms with Crippen molar-refractivity contribution in [3.8, 4) is 11.5 Å². The van der Waals surface area contributed by atoms with Crippen LogP contribution in [0.1, 0.15) is 34.2 Å². The first-order chi connectivity index (χ1) is 12.0. The van der Waals surface area contributed by atoms with Gasteiger partial charge in [0.2, 0.25) is 0 Å². The van der Waals surface area contributed by atoms with Gasteiger partial charge in [-0.25, -0.2) is 0 Å². The maximum absolute atomic E-state index is 12.4. The van der Waals surface area contributed by atoms with Crippen LogP contribution in [0.5, 0.6) is 11.5 Å². The van der Waals surface area contributed by atoms with Crippen LogP contribution in [0.4, 0.5) is 0 Å². The summed E-state index contributed by atoms with van der Waals surface area (Å²) in [5.41, 5.74) is 1.69. The first-order valence-corrected chi connectivity index (χ1v) is 7.82. The van der Waals surface area contributed by atoms with Gasteiger partial charge in [0.05, 0.1) is 25.5 Å². The molecule has 0 saturated carbocycles. The Morgan fingerprint density at radius 1 is 1.28 bits per heavy atom. The normalized spacial score (nSPS) is 10.4. The molecule has 0 unspecified atom stereocenters. The average Bonchev–Trinajstić information content (AvgIpc) is 2.93. The predicted octanol–water partition coefficient (Wildman–Crippen LogP) is 2.55. The number of rotatable bonds is 8. The molecule has 2 N–H and O–H groups in total.